The first-order valence-electron chi connectivity index (χ1n) is 3.32. The van der Waals surface area contributed by atoms with E-state index in [4.69, 9.17) is 10.8 Å². The smallest absolute Gasteiger partial charge is 0.337 e. The van der Waals surface area contributed by atoms with Crippen molar-refractivity contribution in [1.29, 1.82) is 0 Å². The van der Waals surface area contributed by atoms with Crippen LogP contribution in [0.5, 0.6) is 0 Å². The summed E-state index contributed by atoms with van der Waals surface area (Å²) in [5, 5.41) is 8.58. The molecule has 0 unspecified atom stereocenters. The lowest BCUT2D eigenvalue weighted by molar-refractivity contribution is 0.0698. The van der Waals surface area contributed by atoms with Crippen molar-refractivity contribution >= 4 is 11.7 Å². The number of carboxylic acids is 1. The van der Waals surface area contributed by atoms with Gasteiger partial charge in [0.05, 0.1) is 11.3 Å². The monoisotopic (exact) mass is 169 g/mol. The number of nitrogens with two attached hydrogens (primary N) is 1. The van der Waals surface area contributed by atoms with Crippen LogP contribution < -0.4 is 5.73 Å². The zero-order valence-corrected chi connectivity index (χ0v) is 6.47. The first kappa shape index (κ1) is 8.52. The fraction of sp³-hybridized carbons (Fsp3) is 0.125. The van der Waals surface area contributed by atoms with E-state index in [1.165, 1.54) is 6.92 Å². The van der Waals surface area contributed by atoms with Gasteiger partial charge in [-0.1, -0.05) is 0 Å². The third kappa shape index (κ3) is 1.23. The Morgan fingerprint density at radius 1 is 1.58 bits per heavy atom. The molecule has 0 heterocycles. The predicted octanol–water partition coefficient (Wildman–Crippen LogP) is 1.41. The summed E-state index contributed by atoms with van der Waals surface area (Å²) in [6.45, 7) is 1.44. The van der Waals surface area contributed by atoms with Crippen molar-refractivity contribution in [1.82, 2.24) is 0 Å². The Balaban J connectivity index is 3.36. The van der Waals surface area contributed by atoms with Crippen molar-refractivity contribution in [3.8, 4) is 0 Å². The maximum Gasteiger partial charge on any atom is 0.337 e. The molecule has 1 aromatic rings. The molecule has 4 heteroatoms. The third-order valence-corrected chi connectivity index (χ3v) is 1.68. The first-order valence-corrected chi connectivity index (χ1v) is 3.32. The van der Waals surface area contributed by atoms with E-state index in [9.17, 15) is 9.18 Å². The van der Waals surface area contributed by atoms with Crippen LogP contribution in [-0.4, -0.2) is 11.1 Å². The zero-order valence-electron chi connectivity index (χ0n) is 6.47. The van der Waals surface area contributed by atoms with Crippen LogP contribution in [0.3, 0.4) is 0 Å². The van der Waals surface area contributed by atoms with E-state index in [0.717, 1.165) is 12.1 Å². The van der Waals surface area contributed by atoms with E-state index in [1.807, 2.05) is 0 Å². The van der Waals surface area contributed by atoms with Gasteiger partial charge in [-0.05, 0) is 19.1 Å². The Kier molecular flexibility index (Phi) is 1.99. The predicted molar refractivity (Wildman–Crippen MR) is 42.5 cm³/mol. The molecule has 0 aliphatic rings. The summed E-state index contributed by atoms with van der Waals surface area (Å²) < 4.78 is 12.8. The number of rotatable bonds is 1. The summed E-state index contributed by atoms with van der Waals surface area (Å²) in [4.78, 5) is 10.5. The highest BCUT2D eigenvalue weighted by Gasteiger charge is 2.11. The minimum Gasteiger partial charge on any atom is -0.478 e. The minimum absolute atomic E-state index is 0.0116. The molecule has 0 aliphatic carbocycles. The van der Waals surface area contributed by atoms with E-state index >= 15 is 0 Å². The van der Waals surface area contributed by atoms with E-state index in [-0.39, 0.29) is 16.8 Å². The number of carboxylic acid groups (broad SMARTS) is 1. The molecule has 3 nitrogen and oxygen atoms in total. The molecule has 0 fully saturated rings. The summed E-state index contributed by atoms with van der Waals surface area (Å²) in [6.07, 6.45) is 0. The highest BCUT2D eigenvalue weighted by molar-refractivity contribution is 5.94. The summed E-state index contributed by atoms with van der Waals surface area (Å²) >= 11 is 0. The van der Waals surface area contributed by atoms with Crippen molar-refractivity contribution in [2.24, 2.45) is 0 Å². The van der Waals surface area contributed by atoms with Crippen LogP contribution in [0.4, 0.5) is 10.1 Å². The lowest BCUT2D eigenvalue weighted by atomic mass is 10.1. The summed E-state index contributed by atoms with van der Waals surface area (Å²) in [6, 6.07) is 2.25. The molecule has 1 rings (SSSR count). The van der Waals surface area contributed by atoms with Crippen LogP contribution in [0.15, 0.2) is 12.1 Å². The number of anilines is 1. The van der Waals surface area contributed by atoms with Crippen LogP contribution in [0.1, 0.15) is 15.9 Å². The van der Waals surface area contributed by atoms with Crippen molar-refractivity contribution < 1.29 is 14.3 Å². The Bertz CT molecular complexity index is 336. The van der Waals surface area contributed by atoms with Gasteiger partial charge in [0.2, 0.25) is 0 Å². The number of carbonyl (C=O) groups is 1. The standard InChI is InChI=1S/C8H8FNO2/c1-4-6(9)3-2-5(7(4)10)8(11)12/h2-3H,10H2,1H3,(H,11,12). The molecule has 64 valence electrons. The van der Waals surface area contributed by atoms with Crippen molar-refractivity contribution in [2.45, 2.75) is 6.92 Å². The summed E-state index contributed by atoms with van der Waals surface area (Å²) in [5.74, 6) is -1.63. The Hall–Kier alpha value is -1.58. The Morgan fingerprint density at radius 3 is 2.67 bits per heavy atom. The number of benzene rings is 1. The number of hydrogen-bond acceptors (Lipinski definition) is 2. The summed E-state index contributed by atoms with van der Waals surface area (Å²) in [7, 11) is 0. The van der Waals surface area contributed by atoms with Crippen LogP contribution in [0, 0.1) is 12.7 Å². The average Bonchev–Trinajstić information content (AvgIpc) is 2.00. The second-order valence-electron chi connectivity index (χ2n) is 2.44. The molecule has 0 bridgehead atoms. The molecule has 3 N–H and O–H groups in total. The fourth-order valence-corrected chi connectivity index (χ4v) is 0.888. The number of aromatic carboxylic acids is 1. The maximum absolute atomic E-state index is 12.8. The topological polar surface area (TPSA) is 63.3 Å². The zero-order chi connectivity index (χ0) is 9.30. The van der Waals surface area contributed by atoms with Gasteiger partial charge in [-0.15, -0.1) is 0 Å². The second kappa shape index (κ2) is 2.81. The van der Waals surface area contributed by atoms with Gasteiger partial charge in [-0.2, -0.15) is 0 Å². The molecule has 0 amide bonds. The van der Waals surface area contributed by atoms with E-state index in [0.29, 0.717) is 0 Å². The number of hydrogen-bond donors (Lipinski definition) is 2. The molecule has 0 saturated carbocycles. The van der Waals surface area contributed by atoms with Crippen molar-refractivity contribution in [2.75, 3.05) is 5.73 Å². The van der Waals surface area contributed by atoms with E-state index in [2.05, 4.69) is 0 Å². The molecule has 1 aromatic carbocycles. The van der Waals surface area contributed by atoms with Gasteiger partial charge < -0.3 is 10.8 Å². The van der Waals surface area contributed by atoms with Gasteiger partial charge in [0, 0.05) is 5.56 Å². The molecule has 0 saturated heterocycles. The second-order valence-corrected chi connectivity index (χ2v) is 2.44. The van der Waals surface area contributed by atoms with E-state index < -0.39 is 11.8 Å². The molecule has 12 heavy (non-hydrogen) atoms. The molecular weight excluding hydrogens is 161 g/mol. The number of nitrogen functional groups attached to an aromatic ring is 1. The Morgan fingerprint density at radius 2 is 2.17 bits per heavy atom. The van der Waals surface area contributed by atoms with Gasteiger partial charge in [-0.25, -0.2) is 9.18 Å². The van der Waals surface area contributed by atoms with Crippen LogP contribution in [0.25, 0.3) is 0 Å². The quantitative estimate of drug-likeness (QED) is 0.625. The van der Waals surface area contributed by atoms with Crippen LogP contribution in [0.2, 0.25) is 0 Å². The van der Waals surface area contributed by atoms with Crippen molar-refractivity contribution in [3.63, 3.8) is 0 Å². The molecule has 0 aliphatic heterocycles. The lowest BCUT2D eigenvalue weighted by Crippen LogP contribution is -2.05. The fourth-order valence-electron chi connectivity index (χ4n) is 0.888. The largest absolute Gasteiger partial charge is 0.478 e. The van der Waals surface area contributed by atoms with Crippen LogP contribution >= 0.6 is 0 Å². The van der Waals surface area contributed by atoms with E-state index in [1.54, 1.807) is 0 Å². The lowest BCUT2D eigenvalue weighted by Gasteiger charge is -2.04. The minimum atomic E-state index is -1.14. The highest BCUT2D eigenvalue weighted by atomic mass is 19.1. The van der Waals surface area contributed by atoms with Gasteiger partial charge in [0.15, 0.2) is 0 Å². The number of halogens is 1. The summed E-state index contributed by atoms with van der Waals surface area (Å²) in [5.41, 5.74) is 5.47. The van der Waals surface area contributed by atoms with Gasteiger partial charge in [0.1, 0.15) is 5.82 Å². The van der Waals surface area contributed by atoms with Crippen molar-refractivity contribution in [3.05, 3.63) is 29.1 Å². The third-order valence-electron chi connectivity index (χ3n) is 1.68. The van der Waals surface area contributed by atoms with Gasteiger partial charge >= 0.3 is 5.97 Å². The first-order chi connectivity index (χ1) is 5.54. The molecular formula is C8H8FNO2. The molecule has 0 radical (unpaired) electrons. The average molecular weight is 169 g/mol. The molecule has 0 aromatic heterocycles. The maximum atomic E-state index is 12.8. The highest BCUT2D eigenvalue weighted by Crippen LogP contribution is 2.19. The SMILES string of the molecule is Cc1c(F)ccc(C(=O)O)c1N. The normalized spacial score (nSPS) is 9.83. The van der Waals surface area contributed by atoms with Crippen LogP contribution in [-0.2, 0) is 0 Å². The molecule has 0 atom stereocenters. The van der Waals surface area contributed by atoms with Gasteiger partial charge in [0.25, 0.3) is 0 Å². The molecule has 0 spiro atoms. The Labute approximate surface area is 68.6 Å². The van der Waals surface area contributed by atoms with Gasteiger partial charge in [-0.3, -0.25) is 0 Å².